The number of aryl methyl sites for hydroxylation is 3. The van der Waals surface area contributed by atoms with Gasteiger partial charge in [0.15, 0.2) is 0 Å². The topological polar surface area (TPSA) is 84.2 Å². The number of hydrogen-bond acceptors (Lipinski definition) is 6. The van der Waals surface area contributed by atoms with Crippen molar-refractivity contribution in [1.29, 1.82) is 0 Å². The predicted octanol–water partition coefficient (Wildman–Crippen LogP) is 4.51. The van der Waals surface area contributed by atoms with Crippen molar-refractivity contribution in [3.8, 4) is 5.75 Å². The van der Waals surface area contributed by atoms with Crippen LogP contribution >= 0.6 is 0 Å². The summed E-state index contributed by atoms with van der Waals surface area (Å²) in [6.07, 6.45) is 3.48. The number of aliphatic hydroxyl groups is 2. The molecule has 0 fully saturated rings. The van der Waals surface area contributed by atoms with Crippen LogP contribution in [0.4, 0.5) is 0 Å². The molecule has 0 radical (unpaired) electrons. The fourth-order valence-corrected chi connectivity index (χ4v) is 3.72. The number of aliphatic imine (C=N–C) groups is 1. The van der Waals surface area contributed by atoms with Crippen LogP contribution in [0.2, 0.25) is 0 Å². The van der Waals surface area contributed by atoms with Gasteiger partial charge < -0.3 is 19.7 Å². The Balaban J connectivity index is 2.37. The molecule has 0 aliphatic rings. The minimum atomic E-state index is -0.911. The van der Waals surface area contributed by atoms with E-state index >= 15 is 0 Å². The number of aliphatic hydroxyl groups excluding tert-OH is 2. The highest BCUT2D eigenvalue weighted by molar-refractivity contribution is 5.97. The number of benzene rings is 1. The van der Waals surface area contributed by atoms with E-state index in [2.05, 4.69) is 38.4 Å². The Morgan fingerprint density at radius 3 is 2.39 bits per heavy atom. The first-order valence-corrected chi connectivity index (χ1v) is 11.6. The quantitative estimate of drug-likeness (QED) is 0.386. The van der Waals surface area contributed by atoms with Gasteiger partial charge in [-0.3, -0.25) is 4.98 Å². The molecule has 2 aromatic rings. The third-order valence-electron chi connectivity index (χ3n) is 5.40. The fraction of sp³-hybridized carbons (Fsp3) is 0.481. The number of rotatable bonds is 11. The van der Waals surface area contributed by atoms with Gasteiger partial charge in [-0.05, 0) is 67.0 Å². The average Bonchev–Trinajstić information content (AvgIpc) is 2.80. The van der Waals surface area contributed by atoms with Crippen LogP contribution in [0, 0.1) is 12.8 Å². The summed E-state index contributed by atoms with van der Waals surface area (Å²) in [5, 5.41) is 18.7. The van der Waals surface area contributed by atoms with Gasteiger partial charge in [-0.1, -0.05) is 34.3 Å². The zero-order valence-electron chi connectivity index (χ0n) is 20.8. The van der Waals surface area contributed by atoms with Crippen LogP contribution in [0.1, 0.15) is 61.2 Å². The maximum absolute atomic E-state index is 9.63. The number of aromatic nitrogens is 1. The maximum Gasteiger partial charge on any atom is 0.222 e. The van der Waals surface area contributed by atoms with Crippen molar-refractivity contribution in [2.24, 2.45) is 10.9 Å². The first-order chi connectivity index (χ1) is 15.7. The van der Waals surface area contributed by atoms with Gasteiger partial charge >= 0.3 is 0 Å². The summed E-state index contributed by atoms with van der Waals surface area (Å²) in [5.74, 6) is 1.72. The van der Waals surface area contributed by atoms with Gasteiger partial charge in [0, 0.05) is 17.5 Å². The molecule has 0 bridgehead atoms. The second-order valence-electron chi connectivity index (χ2n) is 8.63. The smallest absolute Gasteiger partial charge is 0.222 e. The fourth-order valence-electron chi connectivity index (χ4n) is 3.72. The Labute approximate surface area is 198 Å². The van der Waals surface area contributed by atoms with E-state index in [9.17, 15) is 5.11 Å². The van der Waals surface area contributed by atoms with E-state index in [1.165, 1.54) is 5.56 Å². The molecule has 180 valence electrons. The highest BCUT2D eigenvalue weighted by Crippen LogP contribution is 2.30. The highest BCUT2D eigenvalue weighted by atomic mass is 16.5. The lowest BCUT2D eigenvalue weighted by atomic mass is 9.99. The summed E-state index contributed by atoms with van der Waals surface area (Å²) in [6, 6.07) is 6.07. The van der Waals surface area contributed by atoms with Crippen LogP contribution in [0.25, 0.3) is 5.70 Å². The SMILES string of the molecule is C=C(N=C(OC)c1cnc(CC)c(CC(C)C)c1)c1cc(C)c(OC[C@@H](O)CO)c(CC)c1. The molecule has 1 aromatic heterocycles. The van der Waals surface area contributed by atoms with Gasteiger partial charge in [0.2, 0.25) is 5.90 Å². The first-order valence-electron chi connectivity index (χ1n) is 11.6. The lowest BCUT2D eigenvalue weighted by molar-refractivity contribution is 0.0531. The molecule has 33 heavy (non-hydrogen) atoms. The average molecular weight is 455 g/mol. The van der Waals surface area contributed by atoms with Crippen molar-refractivity contribution in [2.45, 2.75) is 60.0 Å². The second kappa shape index (κ2) is 12.5. The summed E-state index contributed by atoms with van der Waals surface area (Å²) in [4.78, 5) is 9.34. The van der Waals surface area contributed by atoms with Crippen LogP contribution in [-0.2, 0) is 24.0 Å². The van der Waals surface area contributed by atoms with E-state index in [1.54, 1.807) is 7.11 Å². The monoisotopic (exact) mass is 454 g/mol. The van der Waals surface area contributed by atoms with Gasteiger partial charge in [-0.25, -0.2) is 4.99 Å². The molecular weight excluding hydrogens is 416 g/mol. The van der Waals surface area contributed by atoms with Gasteiger partial charge in [0.1, 0.15) is 18.5 Å². The van der Waals surface area contributed by atoms with Crippen LogP contribution < -0.4 is 4.74 Å². The Morgan fingerprint density at radius 2 is 1.82 bits per heavy atom. The molecule has 2 rings (SSSR count). The summed E-state index contributed by atoms with van der Waals surface area (Å²) in [6.45, 7) is 14.4. The zero-order valence-corrected chi connectivity index (χ0v) is 20.8. The van der Waals surface area contributed by atoms with E-state index in [1.807, 2.05) is 32.2 Å². The predicted molar refractivity (Wildman–Crippen MR) is 134 cm³/mol. The van der Waals surface area contributed by atoms with Crippen LogP contribution in [-0.4, -0.2) is 47.5 Å². The molecule has 0 spiro atoms. The molecule has 6 heteroatoms. The normalized spacial score (nSPS) is 12.7. The van der Waals surface area contributed by atoms with Crippen molar-refractivity contribution < 1.29 is 19.7 Å². The van der Waals surface area contributed by atoms with Gasteiger partial charge in [-0.2, -0.15) is 0 Å². The maximum atomic E-state index is 9.63. The number of nitrogens with zero attached hydrogens (tertiary/aromatic N) is 2. The molecule has 0 amide bonds. The third-order valence-corrected chi connectivity index (χ3v) is 5.40. The largest absolute Gasteiger partial charge is 0.490 e. The van der Waals surface area contributed by atoms with Gasteiger partial charge in [0.05, 0.1) is 25.0 Å². The van der Waals surface area contributed by atoms with Crippen LogP contribution in [0.3, 0.4) is 0 Å². The molecule has 6 nitrogen and oxygen atoms in total. The number of methoxy groups -OCH3 is 1. The number of hydrogen-bond donors (Lipinski definition) is 2. The Bertz CT molecular complexity index is 982. The summed E-state index contributed by atoms with van der Waals surface area (Å²) in [7, 11) is 1.61. The van der Waals surface area contributed by atoms with Crippen molar-refractivity contribution in [3.05, 3.63) is 64.5 Å². The third kappa shape index (κ3) is 7.14. The molecule has 1 aromatic carbocycles. The summed E-state index contributed by atoms with van der Waals surface area (Å²) in [5.41, 5.74) is 6.50. The van der Waals surface area contributed by atoms with E-state index in [0.29, 0.717) is 17.5 Å². The lowest BCUT2D eigenvalue weighted by Crippen LogP contribution is -2.22. The first kappa shape index (κ1) is 26.6. The minimum Gasteiger partial charge on any atom is -0.490 e. The van der Waals surface area contributed by atoms with E-state index in [-0.39, 0.29) is 13.2 Å². The van der Waals surface area contributed by atoms with E-state index in [0.717, 1.165) is 53.0 Å². The molecule has 0 saturated heterocycles. The van der Waals surface area contributed by atoms with Crippen molar-refractivity contribution in [3.63, 3.8) is 0 Å². The summed E-state index contributed by atoms with van der Waals surface area (Å²) >= 11 is 0. The van der Waals surface area contributed by atoms with Crippen molar-refractivity contribution in [2.75, 3.05) is 20.3 Å². The van der Waals surface area contributed by atoms with Gasteiger partial charge in [0.25, 0.3) is 0 Å². The highest BCUT2D eigenvalue weighted by Gasteiger charge is 2.15. The summed E-state index contributed by atoms with van der Waals surface area (Å²) < 4.78 is 11.4. The Morgan fingerprint density at radius 1 is 1.12 bits per heavy atom. The van der Waals surface area contributed by atoms with E-state index < -0.39 is 6.10 Å². The molecule has 0 unspecified atom stereocenters. The zero-order chi connectivity index (χ0) is 24.5. The molecular formula is C27H38N2O4. The second-order valence-corrected chi connectivity index (χ2v) is 8.63. The van der Waals surface area contributed by atoms with Gasteiger partial charge in [-0.15, -0.1) is 0 Å². The number of ether oxygens (including phenoxy) is 2. The molecule has 0 aliphatic carbocycles. The molecule has 2 N–H and O–H groups in total. The molecule has 1 atom stereocenters. The lowest BCUT2D eigenvalue weighted by Gasteiger charge is -2.17. The molecule has 0 saturated carbocycles. The molecule has 0 aliphatic heterocycles. The number of pyridine rings is 1. The standard InChI is InChI=1S/C27H38N2O4/c1-8-20-12-21(11-18(5)26(20)33-16-24(31)15-30)19(6)29-27(32-7)23-13-22(10-17(3)4)25(9-2)28-14-23/h11-14,17,24,30-31H,6,8-10,15-16H2,1-5,7H3/t24-/m0/s1. The van der Waals surface area contributed by atoms with E-state index in [4.69, 9.17) is 19.6 Å². The van der Waals surface area contributed by atoms with Crippen molar-refractivity contribution >= 4 is 11.6 Å². The molecule has 1 heterocycles. The van der Waals surface area contributed by atoms with Crippen LogP contribution in [0.15, 0.2) is 36.0 Å². The minimum absolute atomic E-state index is 0.0378. The Hall–Kier alpha value is -2.70. The Kier molecular flexibility index (Phi) is 10.1. The van der Waals surface area contributed by atoms with Crippen LogP contribution in [0.5, 0.6) is 5.75 Å². The van der Waals surface area contributed by atoms with Crippen molar-refractivity contribution in [1.82, 2.24) is 4.98 Å².